The first-order valence-corrected chi connectivity index (χ1v) is 10.6. The number of hydrogen-bond acceptors (Lipinski definition) is 4. The third-order valence-corrected chi connectivity index (χ3v) is 6.37. The van der Waals surface area contributed by atoms with Crippen LogP contribution in [0.2, 0.25) is 0 Å². The van der Waals surface area contributed by atoms with Gasteiger partial charge < -0.3 is 19.7 Å². The number of aryl methyl sites for hydroxylation is 1. The van der Waals surface area contributed by atoms with E-state index >= 15 is 0 Å². The minimum absolute atomic E-state index is 0.0675. The van der Waals surface area contributed by atoms with Crippen LogP contribution < -0.4 is 10.2 Å². The lowest BCUT2D eigenvalue weighted by Crippen LogP contribution is -2.42. The van der Waals surface area contributed by atoms with Gasteiger partial charge in [0.05, 0.1) is 13.2 Å². The Balaban J connectivity index is 1.42. The van der Waals surface area contributed by atoms with Crippen LogP contribution in [0.15, 0.2) is 42.5 Å². The molecule has 2 aromatic carbocycles. The minimum atomic E-state index is -0.164. The lowest BCUT2D eigenvalue weighted by Gasteiger charge is -2.38. The molecule has 4 rings (SSSR count). The molecular formula is C24H31FN2O2. The molecule has 2 aromatic rings. The molecule has 156 valence electrons. The van der Waals surface area contributed by atoms with Crippen LogP contribution in [0.5, 0.6) is 0 Å². The molecule has 2 fully saturated rings. The van der Waals surface area contributed by atoms with E-state index in [-0.39, 0.29) is 11.2 Å². The van der Waals surface area contributed by atoms with Crippen molar-refractivity contribution < 1.29 is 13.9 Å². The Morgan fingerprint density at radius 2 is 1.76 bits per heavy atom. The number of anilines is 1. The van der Waals surface area contributed by atoms with Gasteiger partial charge in [0.15, 0.2) is 0 Å². The lowest BCUT2D eigenvalue weighted by molar-refractivity contribution is 0.0496. The number of nitrogens with one attached hydrogen (secondary N) is 1. The van der Waals surface area contributed by atoms with Gasteiger partial charge in [-0.3, -0.25) is 0 Å². The predicted molar refractivity (Wildman–Crippen MR) is 114 cm³/mol. The molecule has 0 unspecified atom stereocenters. The van der Waals surface area contributed by atoms with Gasteiger partial charge in [-0.1, -0.05) is 18.2 Å². The smallest absolute Gasteiger partial charge is 0.123 e. The van der Waals surface area contributed by atoms with Crippen LogP contribution in [0.25, 0.3) is 0 Å². The van der Waals surface area contributed by atoms with E-state index in [1.807, 2.05) is 6.07 Å². The minimum Gasteiger partial charge on any atom is -0.381 e. The average Bonchev–Trinajstić information content (AvgIpc) is 2.76. The fourth-order valence-electron chi connectivity index (χ4n) is 4.48. The van der Waals surface area contributed by atoms with Crippen molar-refractivity contribution >= 4 is 5.69 Å². The SMILES string of the molecule is Cc1cc(N2CCOCC2)ccc1CNCC1(c2cccc(F)c2)CCOCC1. The first-order chi connectivity index (χ1) is 14.2. The molecule has 2 aliphatic heterocycles. The maximum Gasteiger partial charge on any atom is 0.123 e. The van der Waals surface area contributed by atoms with Crippen LogP contribution in [-0.4, -0.2) is 46.1 Å². The van der Waals surface area contributed by atoms with Crippen LogP contribution >= 0.6 is 0 Å². The van der Waals surface area contributed by atoms with Crippen LogP contribution in [0.1, 0.15) is 29.5 Å². The van der Waals surface area contributed by atoms with E-state index in [2.05, 4.69) is 41.4 Å². The highest BCUT2D eigenvalue weighted by molar-refractivity contribution is 5.51. The normalized spacial score (nSPS) is 19.3. The molecule has 0 atom stereocenters. The number of rotatable bonds is 6. The maximum absolute atomic E-state index is 13.9. The van der Waals surface area contributed by atoms with Crippen molar-refractivity contribution in [2.24, 2.45) is 0 Å². The van der Waals surface area contributed by atoms with Gasteiger partial charge in [0.25, 0.3) is 0 Å². The summed E-state index contributed by atoms with van der Waals surface area (Å²) in [7, 11) is 0. The van der Waals surface area contributed by atoms with Gasteiger partial charge in [-0.05, 0) is 60.7 Å². The molecule has 1 N–H and O–H groups in total. The fraction of sp³-hybridized carbons (Fsp3) is 0.500. The molecule has 5 heteroatoms. The number of halogens is 1. The average molecular weight is 399 g/mol. The van der Waals surface area contributed by atoms with Crippen molar-refractivity contribution in [3.05, 3.63) is 65.0 Å². The maximum atomic E-state index is 13.9. The molecule has 4 nitrogen and oxygen atoms in total. The van der Waals surface area contributed by atoms with Crippen LogP contribution in [-0.2, 0) is 21.4 Å². The summed E-state index contributed by atoms with van der Waals surface area (Å²) < 4.78 is 24.9. The second-order valence-electron chi connectivity index (χ2n) is 8.22. The van der Waals surface area contributed by atoms with Crippen molar-refractivity contribution in [3.8, 4) is 0 Å². The Kier molecular flexibility index (Phi) is 6.48. The van der Waals surface area contributed by atoms with Gasteiger partial charge in [0.1, 0.15) is 5.82 Å². The summed E-state index contributed by atoms with van der Waals surface area (Å²) in [5, 5.41) is 3.66. The zero-order valence-electron chi connectivity index (χ0n) is 17.3. The second kappa shape index (κ2) is 9.24. The predicted octanol–water partition coefficient (Wildman–Crippen LogP) is 3.81. The van der Waals surface area contributed by atoms with Crippen LogP contribution in [0, 0.1) is 12.7 Å². The molecule has 0 aromatic heterocycles. The lowest BCUT2D eigenvalue weighted by atomic mass is 9.74. The highest BCUT2D eigenvalue weighted by Gasteiger charge is 2.34. The third kappa shape index (κ3) is 4.80. The van der Waals surface area contributed by atoms with Crippen LogP contribution in [0.4, 0.5) is 10.1 Å². The first kappa shape index (κ1) is 20.3. The molecular weight excluding hydrogens is 367 g/mol. The van der Waals surface area contributed by atoms with Crippen molar-refractivity contribution in [2.75, 3.05) is 51.0 Å². The Morgan fingerprint density at radius 3 is 2.48 bits per heavy atom. The fourth-order valence-corrected chi connectivity index (χ4v) is 4.48. The quantitative estimate of drug-likeness (QED) is 0.802. The first-order valence-electron chi connectivity index (χ1n) is 10.6. The molecule has 0 bridgehead atoms. The molecule has 0 spiro atoms. The van der Waals surface area contributed by atoms with E-state index < -0.39 is 0 Å². The molecule has 0 aliphatic carbocycles. The van der Waals surface area contributed by atoms with Gasteiger partial charge in [0.2, 0.25) is 0 Å². The topological polar surface area (TPSA) is 33.7 Å². The van der Waals surface area contributed by atoms with E-state index in [9.17, 15) is 4.39 Å². The van der Waals surface area contributed by atoms with Crippen LogP contribution in [0.3, 0.4) is 0 Å². The number of nitrogens with zero attached hydrogens (tertiary/aromatic N) is 1. The van der Waals surface area contributed by atoms with E-state index in [1.165, 1.54) is 22.9 Å². The highest BCUT2D eigenvalue weighted by atomic mass is 19.1. The second-order valence-corrected chi connectivity index (χ2v) is 8.22. The summed E-state index contributed by atoms with van der Waals surface area (Å²) >= 11 is 0. The Labute approximate surface area is 173 Å². The monoisotopic (exact) mass is 398 g/mol. The third-order valence-electron chi connectivity index (χ3n) is 6.37. The standard InChI is InChI=1S/C24H31FN2O2/c1-19-15-23(27-9-13-29-14-10-27)6-5-20(19)17-26-18-24(7-11-28-12-8-24)21-3-2-4-22(25)16-21/h2-6,15-16,26H,7-14,17-18H2,1H3. The van der Waals surface area contributed by atoms with Gasteiger partial charge in [-0.15, -0.1) is 0 Å². The summed E-state index contributed by atoms with van der Waals surface area (Å²) in [6, 6.07) is 13.8. The largest absolute Gasteiger partial charge is 0.381 e. The molecule has 0 saturated carbocycles. The van der Waals surface area contributed by atoms with E-state index in [4.69, 9.17) is 9.47 Å². The van der Waals surface area contributed by atoms with E-state index in [0.717, 1.165) is 71.0 Å². The zero-order valence-corrected chi connectivity index (χ0v) is 17.3. The summed E-state index contributed by atoms with van der Waals surface area (Å²) in [6.45, 7) is 8.78. The summed E-state index contributed by atoms with van der Waals surface area (Å²) in [4.78, 5) is 2.38. The Bertz CT molecular complexity index is 814. The molecule has 2 heterocycles. The van der Waals surface area contributed by atoms with Gasteiger partial charge in [-0.2, -0.15) is 0 Å². The summed E-state index contributed by atoms with van der Waals surface area (Å²) in [6.07, 6.45) is 1.83. The number of hydrogen-bond donors (Lipinski definition) is 1. The Morgan fingerprint density at radius 1 is 1.00 bits per heavy atom. The molecule has 29 heavy (non-hydrogen) atoms. The van der Waals surface area contributed by atoms with Gasteiger partial charge in [-0.25, -0.2) is 4.39 Å². The Hall–Kier alpha value is -1.95. The van der Waals surface area contributed by atoms with Crippen molar-refractivity contribution in [1.29, 1.82) is 0 Å². The van der Waals surface area contributed by atoms with E-state index in [0.29, 0.717) is 0 Å². The van der Waals surface area contributed by atoms with Crippen molar-refractivity contribution in [1.82, 2.24) is 5.32 Å². The number of ether oxygens (including phenoxy) is 2. The van der Waals surface area contributed by atoms with Crippen molar-refractivity contribution in [2.45, 2.75) is 31.7 Å². The molecule has 0 radical (unpaired) electrons. The van der Waals surface area contributed by atoms with Gasteiger partial charge >= 0.3 is 0 Å². The number of morpholine rings is 1. The van der Waals surface area contributed by atoms with E-state index in [1.54, 1.807) is 6.07 Å². The molecule has 0 amide bonds. The van der Waals surface area contributed by atoms with Gasteiger partial charge in [0, 0.05) is 50.5 Å². The number of benzene rings is 2. The summed E-state index contributed by atoms with van der Waals surface area (Å²) in [5.41, 5.74) is 4.89. The zero-order chi connectivity index (χ0) is 20.1. The molecule has 2 saturated heterocycles. The molecule has 2 aliphatic rings. The summed E-state index contributed by atoms with van der Waals surface area (Å²) in [5.74, 6) is -0.164. The van der Waals surface area contributed by atoms with Crippen molar-refractivity contribution in [3.63, 3.8) is 0 Å². The highest BCUT2D eigenvalue weighted by Crippen LogP contribution is 2.34.